The van der Waals surface area contributed by atoms with Gasteiger partial charge >= 0.3 is 0 Å². The maximum absolute atomic E-state index is 14.5. The van der Waals surface area contributed by atoms with Crippen molar-refractivity contribution in [2.45, 2.75) is 31.7 Å². The highest BCUT2D eigenvalue weighted by molar-refractivity contribution is 5.70. The van der Waals surface area contributed by atoms with Crippen molar-refractivity contribution in [3.8, 4) is 0 Å². The number of ether oxygens (including phenoxy) is 1. The second-order valence-corrected chi connectivity index (χ2v) is 7.88. The Morgan fingerprint density at radius 2 is 1.83 bits per heavy atom. The molecule has 1 N–H and O–H groups in total. The van der Waals surface area contributed by atoms with E-state index in [1.165, 1.54) is 12.1 Å². The summed E-state index contributed by atoms with van der Waals surface area (Å²) in [7, 11) is 0. The van der Waals surface area contributed by atoms with Crippen LogP contribution in [0.1, 0.15) is 30.5 Å². The molecule has 2 aliphatic rings. The van der Waals surface area contributed by atoms with Gasteiger partial charge in [-0.05, 0) is 35.8 Å². The fraction of sp³-hybridized carbons (Fsp3) is 0.417. The minimum absolute atomic E-state index is 0.121. The number of hydrogen-bond donors (Lipinski definition) is 1. The third-order valence-electron chi connectivity index (χ3n) is 6.09. The van der Waals surface area contributed by atoms with Crippen LogP contribution in [0.4, 0.5) is 8.78 Å². The molecule has 160 valence electrons. The van der Waals surface area contributed by atoms with Gasteiger partial charge in [-0.1, -0.05) is 43.3 Å². The van der Waals surface area contributed by atoms with E-state index in [9.17, 15) is 13.9 Å². The molecule has 0 bridgehead atoms. The molecular weight excluding hydrogens is 386 g/mol. The van der Waals surface area contributed by atoms with Gasteiger partial charge in [0.05, 0.1) is 25.3 Å². The van der Waals surface area contributed by atoms with E-state index in [0.717, 1.165) is 23.6 Å². The van der Waals surface area contributed by atoms with Crippen molar-refractivity contribution in [3.05, 3.63) is 77.4 Å². The lowest BCUT2D eigenvalue weighted by Gasteiger charge is -2.41. The van der Waals surface area contributed by atoms with Crippen LogP contribution in [0.15, 0.2) is 54.6 Å². The van der Waals surface area contributed by atoms with Crippen molar-refractivity contribution >= 4 is 5.57 Å². The third kappa shape index (κ3) is 4.32. The highest BCUT2D eigenvalue weighted by Crippen LogP contribution is 2.38. The molecule has 4 nitrogen and oxygen atoms in total. The molecule has 1 fully saturated rings. The Hall–Kier alpha value is -2.12. The number of nitrogens with zero attached hydrogens (tertiary/aromatic N) is 2. The molecule has 2 aromatic carbocycles. The summed E-state index contributed by atoms with van der Waals surface area (Å²) in [6.07, 6.45) is 2.08. The number of morpholine rings is 1. The zero-order chi connectivity index (χ0) is 21.1. The SMILES string of the molecule is CCC(C(O)N1CCOCC1)N1CC(c2cc(F)ccc2F)=C[C@H]1c1ccccc1. The molecular formula is C24H28F2N2O2. The number of aliphatic hydroxyl groups excluding tert-OH is 1. The van der Waals surface area contributed by atoms with Gasteiger partial charge in [0, 0.05) is 25.2 Å². The topological polar surface area (TPSA) is 35.9 Å². The number of rotatable bonds is 6. The summed E-state index contributed by atoms with van der Waals surface area (Å²) in [6.45, 7) is 5.07. The summed E-state index contributed by atoms with van der Waals surface area (Å²) in [5.41, 5.74) is 2.10. The van der Waals surface area contributed by atoms with Gasteiger partial charge < -0.3 is 9.84 Å². The van der Waals surface area contributed by atoms with Crippen LogP contribution in [0.3, 0.4) is 0 Å². The largest absolute Gasteiger partial charge is 0.379 e. The van der Waals surface area contributed by atoms with E-state index in [1.807, 2.05) is 41.3 Å². The minimum Gasteiger partial charge on any atom is -0.379 e. The average Bonchev–Trinajstić information content (AvgIpc) is 3.22. The first-order valence-electron chi connectivity index (χ1n) is 10.5. The molecule has 0 amide bonds. The summed E-state index contributed by atoms with van der Waals surface area (Å²) in [5, 5.41) is 11.2. The molecule has 0 radical (unpaired) electrons. The van der Waals surface area contributed by atoms with Gasteiger partial charge in [0.2, 0.25) is 0 Å². The van der Waals surface area contributed by atoms with Crippen molar-refractivity contribution in [2.75, 3.05) is 32.8 Å². The van der Waals surface area contributed by atoms with Gasteiger partial charge in [0.25, 0.3) is 0 Å². The fourth-order valence-corrected chi connectivity index (χ4v) is 4.52. The summed E-state index contributed by atoms with van der Waals surface area (Å²) in [5.74, 6) is -0.888. The van der Waals surface area contributed by atoms with Crippen LogP contribution in [0.5, 0.6) is 0 Å². The molecule has 4 rings (SSSR count). The lowest BCUT2D eigenvalue weighted by molar-refractivity contribution is -0.0993. The van der Waals surface area contributed by atoms with Crippen LogP contribution in [0.25, 0.3) is 5.57 Å². The Morgan fingerprint density at radius 3 is 2.53 bits per heavy atom. The Balaban J connectivity index is 1.67. The standard InChI is InChI=1S/C24H28F2N2O2/c1-2-22(24(29)27-10-12-30-13-11-27)28-16-18(20-15-19(25)8-9-21(20)26)14-23(28)17-6-4-3-5-7-17/h3-9,14-15,22-24,29H,2,10-13,16H2,1H3/t22?,23-,24?/m0/s1. The molecule has 2 unspecified atom stereocenters. The molecule has 2 aromatic rings. The van der Waals surface area contributed by atoms with Crippen molar-refractivity contribution in [3.63, 3.8) is 0 Å². The smallest absolute Gasteiger partial charge is 0.130 e. The predicted octanol–water partition coefficient (Wildman–Crippen LogP) is 3.83. The summed E-state index contributed by atoms with van der Waals surface area (Å²) in [6, 6.07) is 13.3. The second-order valence-electron chi connectivity index (χ2n) is 7.88. The Labute approximate surface area is 176 Å². The Bertz CT molecular complexity index is 884. The van der Waals surface area contributed by atoms with E-state index in [2.05, 4.69) is 11.8 Å². The summed E-state index contributed by atoms with van der Waals surface area (Å²) in [4.78, 5) is 4.25. The molecule has 3 atom stereocenters. The van der Waals surface area contributed by atoms with Gasteiger partial charge in [-0.15, -0.1) is 0 Å². The first-order chi connectivity index (χ1) is 14.6. The Kier molecular flexibility index (Phi) is 6.58. The second kappa shape index (κ2) is 9.35. The monoisotopic (exact) mass is 414 g/mol. The van der Waals surface area contributed by atoms with E-state index in [4.69, 9.17) is 4.74 Å². The molecule has 2 heterocycles. The number of aliphatic hydroxyl groups is 1. The van der Waals surface area contributed by atoms with E-state index < -0.39 is 17.9 Å². The molecule has 6 heteroatoms. The van der Waals surface area contributed by atoms with Crippen LogP contribution in [-0.2, 0) is 4.74 Å². The van der Waals surface area contributed by atoms with Crippen molar-refractivity contribution in [2.24, 2.45) is 0 Å². The molecule has 0 aliphatic carbocycles. The van der Waals surface area contributed by atoms with Crippen LogP contribution in [0.2, 0.25) is 0 Å². The molecule has 0 aromatic heterocycles. The van der Waals surface area contributed by atoms with Gasteiger partial charge in [-0.3, -0.25) is 9.80 Å². The molecule has 2 aliphatic heterocycles. The minimum atomic E-state index is -0.657. The van der Waals surface area contributed by atoms with Crippen molar-refractivity contribution in [1.29, 1.82) is 0 Å². The highest BCUT2D eigenvalue weighted by Gasteiger charge is 2.37. The Morgan fingerprint density at radius 1 is 1.10 bits per heavy atom. The summed E-state index contributed by atoms with van der Waals surface area (Å²) < 4.78 is 33.8. The van der Waals surface area contributed by atoms with E-state index in [-0.39, 0.29) is 17.6 Å². The maximum Gasteiger partial charge on any atom is 0.130 e. The zero-order valence-corrected chi connectivity index (χ0v) is 17.2. The number of hydrogen-bond acceptors (Lipinski definition) is 4. The molecule has 0 spiro atoms. The van der Waals surface area contributed by atoms with E-state index >= 15 is 0 Å². The van der Waals surface area contributed by atoms with E-state index in [0.29, 0.717) is 32.8 Å². The lowest BCUT2D eigenvalue weighted by Crippen LogP contribution is -2.54. The van der Waals surface area contributed by atoms with Crippen molar-refractivity contribution < 1.29 is 18.6 Å². The summed E-state index contributed by atoms with van der Waals surface area (Å²) >= 11 is 0. The first kappa shape index (κ1) is 21.1. The zero-order valence-electron chi connectivity index (χ0n) is 17.2. The van der Waals surface area contributed by atoms with Gasteiger partial charge in [0.15, 0.2) is 0 Å². The average molecular weight is 414 g/mol. The van der Waals surface area contributed by atoms with E-state index in [1.54, 1.807) is 0 Å². The molecule has 1 saturated heterocycles. The quantitative estimate of drug-likeness (QED) is 0.779. The molecule has 0 saturated carbocycles. The van der Waals surface area contributed by atoms with Gasteiger partial charge in [0.1, 0.15) is 17.9 Å². The van der Waals surface area contributed by atoms with Crippen LogP contribution >= 0.6 is 0 Å². The third-order valence-corrected chi connectivity index (χ3v) is 6.09. The maximum atomic E-state index is 14.5. The number of halogens is 2. The van der Waals surface area contributed by atoms with Crippen molar-refractivity contribution in [1.82, 2.24) is 9.80 Å². The fourth-order valence-electron chi connectivity index (χ4n) is 4.52. The first-order valence-corrected chi connectivity index (χ1v) is 10.5. The van der Waals surface area contributed by atoms with Crippen LogP contribution < -0.4 is 0 Å². The predicted molar refractivity (Wildman–Crippen MR) is 113 cm³/mol. The van der Waals surface area contributed by atoms with Gasteiger partial charge in [-0.25, -0.2) is 8.78 Å². The van der Waals surface area contributed by atoms with Crippen LogP contribution in [0, 0.1) is 11.6 Å². The normalized spacial score (nSPS) is 22.7. The van der Waals surface area contributed by atoms with Crippen LogP contribution in [-0.4, -0.2) is 60.0 Å². The lowest BCUT2D eigenvalue weighted by atomic mass is 10.0. The molecule has 30 heavy (non-hydrogen) atoms. The number of benzene rings is 2. The van der Waals surface area contributed by atoms with Gasteiger partial charge in [-0.2, -0.15) is 0 Å². The highest BCUT2D eigenvalue weighted by atomic mass is 19.1.